The third-order valence-electron chi connectivity index (χ3n) is 3.84. The number of rotatable bonds is 9. The number of aliphatic carboxylic acids is 1. The van der Waals surface area contributed by atoms with Crippen molar-refractivity contribution >= 4 is 11.9 Å². The molecule has 0 aliphatic carbocycles. The minimum absolute atomic E-state index is 0.00264. The zero-order valence-electron chi connectivity index (χ0n) is 12.1. The lowest BCUT2D eigenvalue weighted by Gasteiger charge is -2.15. The highest BCUT2D eigenvalue weighted by Gasteiger charge is 2.30. The van der Waals surface area contributed by atoms with Gasteiger partial charge in [0.2, 0.25) is 5.91 Å². The molecule has 20 heavy (non-hydrogen) atoms. The molecule has 3 atom stereocenters. The van der Waals surface area contributed by atoms with Crippen molar-refractivity contribution in [2.24, 2.45) is 11.7 Å². The lowest BCUT2D eigenvalue weighted by Crippen LogP contribution is -2.33. The molecule has 0 aromatic carbocycles. The summed E-state index contributed by atoms with van der Waals surface area (Å²) in [6.45, 7) is 3.17. The van der Waals surface area contributed by atoms with E-state index in [0.717, 1.165) is 19.3 Å². The van der Waals surface area contributed by atoms with E-state index < -0.39 is 12.1 Å². The van der Waals surface area contributed by atoms with E-state index in [1.807, 2.05) is 0 Å². The number of hydrogen-bond donors (Lipinski definition) is 3. The Balaban J connectivity index is 2.16. The summed E-state index contributed by atoms with van der Waals surface area (Å²) in [6.07, 6.45) is 3.65. The zero-order chi connectivity index (χ0) is 15.0. The Labute approximate surface area is 120 Å². The average molecular weight is 286 g/mol. The first-order valence-electron chi connectivity index (χ1n) is 7.41. The van der Waals surface area contributed by atoms with Gasteiger partial charge < -0.3 is 20.9 Å². The number of carbonyl (C=O) groups excluding carboxylic acids is 1. The molecule has 1 amide bonds. The minimum Gasteiger partial charge on any atom is -0.479 e. The molecule has 4 N–H and O–H groups in total. The molecule has 116 valence electrons. The zero-order valence-corrected chi connectivity index (χ0v) is 12.1. The molecule has 3 unspecified atom stereocenters. The van der Waals surface area contributed by atoms with E-state index in [2.05, 4.69) is 12.2 Å². The van der Waals surface area contributed by atoms with Crippen molar-refractivity contribution in [3.8, 4) is 0 Å². The van der Waals surface area contributed by atoms with Gasteiger partial charge in [-0.2, -0.15) is 0 Å². The van der Waals surface area contributed by atoms with Gasteiger partial charge in [-0.15, -0.1) is 0 Å². The van der Waals surface area contributed by atoms with Crippen LogP contribution >= 0.6 is 0 Å². The quantitative estimate of drug-likeness (QED) is 0.584. The van der Waals surface area contributed by atoms with Gasteiger partial charge in [0.05, 0.1) is 6.10 Å². The van der Waals surface area contributed by atoms with E-state index in [4.69, 9.17) is 15.6 Å². The molecule has 0 spiro atoms. The van der Waals surface area contributed by atoms with Crippen LogP contribution in [0, 0.1) is 5.92 Å². The van der Waals surface area contributed by atoms with Crippen molar-refractivity contribution < 1.29 is 19.4 Å². The van der Waals surface area contributed by atoms with E-state index in [9.17, 15) is 9.59 Å². The molecule has 0 saturated carbocycles. The fourth-order valence-corrected chi connectivity index (χ4v) is 2.48. The molecule has 6 heteroatoms. The summed E-state index contributed by atoms with van der Waals surface area (Å²) in [5.74, 6) is -0.417. The van der Waals surface area contributed by atoms with Crippen molar-refractivity contribution in [2.45, 2.75) is 57.7 Å². The second kappa shape index (κ2) is 8.92. The molecule has 1 fully saturated rings. The molecular weight excluding hydrogens is 260 g/mol. The summed E-state index contributed by atoms with van der Waals surface area (Å²) in [5.41, 5.74) is 5.53. The van der Waals surface area contributed by atoms with Gasteiger partial charge in [0.1, 0.15) is 0 Å². The molecular formula is C14H26N2O4. The second-order valence-corrected chi connectivity index (χ2v) is 5.36. The Kier molecular flexibility index (Phi) is 7.54. The highest BCUT2D eigenvalue weighted by molar-refractivity contribution is 5.76. The largest absolute Gasteiger partial charge is 0.479 e. The van der Waals surface area contributed by atoms with E-state index in [-0.39, 0.29) is 12.0 Å². The lowest BCUT2D eigenvalue weighted by molar-refractivity contribution is -0.149. The summed E-state index contributed by atoms with van der Waals surface area (Å²) in [6, 6.07) is 0. The normalized spacial score (nSPS) is 23.5. The van der Waals surface area contributed by atoms with Gasteiger partial charge in [0, 0.05) is 13.0 Å². The fraction of sp³-hybridized carbons (Fsp3) is 0.857. The van der Waals surface area contributed by atoms with Crippen LogP contribution in [-0.4, -0.2) is 42.3 Å². The third-order valence-corrected chi connectivity index (χ3v) is 3.84. The van der Waals surface area contributed by atoms with Gasteiger partial charge in [-0.25, -0.2) is 4.79 Å². The topological polar surface area (TPSA) is 102 Å². The van der Waals surface area contributed by atoms with Crippen LogP contribution in [-0.2, 0) is 14.3 Å². The molecule has 6 nitrogen and oxygen atoms in total. The monoisotopic (exact) mass is 286 g/mol. The molecule has 1 heterocycles. The first-order valence-corrected chi connectivity index (χ1v) is 7.41. The third kappa shape index (κ3) is 5.88. The SMILES string of the molecule is CCC(CCN)CCC(=O)NCC1CCC(C(=O)O)O1. The molecule has 0 aromatic heterocycles. The van der Waals surface area contributed by atoms with Crippen molar-refractivity contribution in [3.05, 3.63) is 0 Å². The van der Waals surface area contributed by atoms with Gasteiger partial charge in [-0.3, -0.25) is 4.79 Å². The van der Waals surface area contributed by atoms with Crippen LogP contribution in [0.15, 0.2) is 0 Å². The maximum absolute atomic E-state index is 11.7. The van der Waals surface area contributed by atoms with Crippen molar-refractivity contribution in [1.29, 1.82) is 0 Å². The molecule has 0 radical (unpaired) electrons. The Bertz CT molecular complexity index is 322. The summed E-state index contributed by atoms with van der Waals surface area (Å²) >= 11 is 0. The molecule has 1 aliphatic heterocycles. The van der Waals surface area contributed by atoms with Gasteiger partial charge in [-0.05, 0) is 38.1 Å². The molecule has 1 saturated heterocycles. The second-order valence-electron chi connectivity index (χ2n) is 5.36. The van der Waals surface area contributed by atoms with E-state index >= 15 is 0 Å². The van der Waals surface area contributed by atoms with E-state index in [1.54, 1.807) is 0 Å². The summed E-state index contributed by atoms with van der Waals surface area (Å²) in [4.78, 5) is 22.5. The number of carboxylic acid groups (broad SMARTS) is 1. The van der Waals surface area contributed by atoms with Gasteiger partial charge in [0.15, 0.2) is 6.10 Å². The fourth-order valence-electron chi connectivity index (χ4n) is 2.48. The Morgan fingerprint density at radius 1 is 1.40 bits per heavy atom. The highest BCUT2D eigenvalue weighted by Crippen LogP contribution is 2.19. The average Bonchev–Trinajstić information content (AvgIpc) is 2.90. The van der Waals surface area contributed by atoms with Crippen LogP contribution in [0.1, 0.15) is 45.4 Å². The van der Waals surface area contributed by atoms with Crippen LogP contribution < -0.4 is 11.1 Å². The minimum atomic E-state index is -0.925. The number of ether oxygens (including phenoxy) is 1. The van der Waals surface area contributed by atoms with Gasteiger partial charge in [-0.1, -0.05) is 13.3 Å². The number of amides is 1. The Morgan fingerprint density at radius 2 is 2.15 bits per heavy atom. The van der Waals surface area contributed by atoms with Crippen molar-refractivity contribution in [3.63, 3.8) is 0 Å². The standard InChI is InChI=1S/C14H26N2O4/c1-2-10(7-8-15)3-6-13(17)16-9-11-4-5-12(20-11)14(18)19/h10-12H,2-9,15H2,1H3,(H,16,17)(H,18,19). The predicted molar refractivity (Wildman–Crippen MR) is 75.2 cm³/mol. The summed E-state index contributed by atoms with van der Waals surface area (Å²) in [5, 5.41) is 11.6. The number of nitrogens with one attached hydrogen (secondary N) is 1. The summed E-state index contributed by atoms with van der Waals surface area (Å²) in [7, 11) is 0. The summed E-state index contributed by atoms with van der Waals surface area (Å²) < 4.78 is 5.33. The number of carboxylic acids is 1. The van der Waals surface area contributed by atoms with Crippen molar-refractivity contribution in [2.75, 3.05) is 13.1 Å². The van der Waals surface area contributed by atoms with Crippen LogP contribution in [0.5, 0.6) is 0 Å². The highest BCUT2D eigenvalue weighted by atomic mass is 16.5. The Morgan fingerprint density at radius 3 is 2.70 bits per heavy atom. The predicted octanol–water partition coefficient (Wildman–Crippen LogP) is 0.890. The van der Waals surface area contributed by atoms with E-state index in [1.165, 1.54) is 0 Å². The number of nitrogens with two attached hydrogens (primary N) is 1. The maximum Gasteiger partial charge on any atom is 0.332 e. The van der Waals surface area contributed by atoms with Gasteiger partial charge >= 0.3 is 5.97 Å². The smallest absolute Gasteiger partial charge is 0.332 e. The first kappa shape index (κ1) is 16.9. The first-order chi connectivity index (χ1) is 9.56. The maximum atomic E-state index is 11.7. The van der Waals surface area contributed by atoms with Crippen LogP contribution in [0.3, 0.4) is 0 Å². The van der Waals surface area contributed by atoms with Crippen LogP contribution in [0.4, 0.5) is 0 Å². The lowest BCUT2D eigenvalue weighted by atomic mass is 9.96. The molecule has 0 aromatic rings. The Hall–Kier alpha value is -1.14. The molecule has 0 bridgehead atoms. The van der Waals surface area contributed by atoms with Crippen LogP contribution in [0.2, 0.25) is 0 Å². The van der Waals surface area contributed by atoms with Crippen LogP contribution in [0.25, 0.3) is 0 Å². The van der Waals surface area contributed by atoms with Gasteiger partial charge in [0.25, 0.3) is 0 Å². The molecule has 1 aliphatic rings. The number of hydrogen-bond acceptors (Lipinski definition) is 4. The van der Waals surface area contributed by atoms with E-state index in [0.29, 0.717) is 38.3 Å². The van der Waals surface area contributed by atoms with Crippen molar-refractivity contribution in [1.82, 2.24) is 5.32 Å². The molecule has 1 rings (SSSR count). The number of carbonyl (C=O) groups is 2.